The molecule has 0 radical (unpaired) electrons. The van der Waals surface area contributed by atoms with Crippen molar-refractivity contribution in [2.45, 2.75) is 81.1 Å². The van der Waals surface area contributed by atoms with Gasteiger partial charge in [-0.05, 0) is 68.7 Å². The zero-order valence-corrected chi connectivity index (χ0v) is 19.7. The van der Waals surface area contributed by atoms with E-state index in [0.717, 1.165) is 18.4 Å². The van der Waals surface area contributed by atoms with Crippen molar-refractivity contribution in [3.05, 3.63) is 71.3 Å². The van der Waals surface area contributed by atoms with Crippen molar-refractivity contribution in [2.24, 2.45) is 5.73 Å². The molecule has 2 fully saturated rings. The molecular weight excluding hydrogens is 457 g/mol. The molecular formula is C27H31F3N2O3. The number of hydrogen-bond donors (Lipinski definition) is 2. The second-order valence-corrected chi connectivity index (χ2v) is 10.1. The quantitative estimate of drug-likeness (QED) is 0.586. The smallest absolute Gasteiger partial charge is 0.376 e. The molecule has 4 rings (SSSR count). The number of hydrogen-bond acceptors (Lipinski definition) is 3. The van der Waals surface area contributed by atoms with Crippen LogP contribution in [0.15, 0.2) is 54.6 Å². The molecule has 2 aromatic carbocycles. The van der Waals surface area contributed by atoms with E-state index < -0.39 is 11.8 Å². The largest absolute Gasteiger partial charge is 0.421 e. The van der Waals surface area contributed by atoms with Crippen molar-refractivity contribution >= 4 is 11.8 Å². The second-order valence-electron chi connectivity index (χ2n) is 10.1. The van der Waals surface area contributed by atoms with Crippen molar-refractivity contribution in [3.8, 4) is 0 Å². The molecule has 0 heterocycles. The SMILES string of the molecule is C[C@](O)(c1ccc(C(=O)N(C2CC2)[C@H]2CC[C@@](CC(N)=O)(c3ccccc3)CC2)cc1)C(F)(F)F. The van der Waals surface area contributed by atoms with E-state index in [1.165, 1.54) is 24.3 Å². The van der Waals surface area contributed by atoms with Crippen LogP contribution in [-0.4, -0.2) is 40.1 Å². The van der Waals surface area contributed by atoms with Gasteiger partial charge in [0, 0.05) is 29.5 Å². The first-order chi connectivity index (χ1) is 16.4. The molecule has 188 valence electrons. The topological polar surface area (TPSA) is 83.6 Å². The number of primary amides is 1. The van der Waals surface area contributed by atoms with Crippen LogP contribution in [-0.2, 0) is 15.8 Å². The molecule has 5 nitrogen and oxygen atoms in total. The van der Waals surface area contributed by atoms with Crippen LogP contribution < -0.4 is 5.73 Å². The molecule has 0 aliphatic heterocycles. The second kappa shape index (κ2) is 9.30. The lowest BCUT2D eigenvalue weighted by Crippen LogP contribution is -2.47. The van der Waals surface area contributed by atoms with Crippen LogP contribution in [0, 0.1) is 0 Å². The van der Waals surface area contributed by atoms with E-state index in [0.29, 0.717) is 38.2 Å². The molecule has 0 unspecified atom stereocenters. The molecule has 0 spiro atoms. The minimum atomic E-state index is -4.82. The van der Waals surface area contributed by atoms with Gasteiger partial charge in [-0.1, -0.05) is 42.5 Å². The van der Waals surface area contributed by atoms with Crippen LogP contribution in [0.4, 0.5) is 13.2 Å². The number of nitrogens with two attached hydrogens (primary N) is 1. The highest BCUT2D eigenvalue weighted by Crippen LogP contribution is 2.45. The van der Waals surface area contributed by atoms with E-state index in [1.807, 2.05) is 35.2 Å². The number of aliphatic hydroxyl groups is 1. The maximum Gasteiger partial charge on any atom is 0.421 e. The normalized spacial score (nSPS) is 24.4. The van der Waals surface area contributed by atoms with Gasteiger partial charge in [0.1, 0.15) is 0 Å². The summed E-state index contributed by atoms with van der Waals surface area (Å²) in [4.78, 5) is 27.2. The predicted molar refractivity (Wildman–Crippen MR) is 125 cm³/mol. The Bertz CT molecular complexity index is 1060. The molecule has 2 amide bonds. The van der Waals surface area contributed by atoms with Crippen molar-refractivity contribution in [1.29, 1.82) is 0 Å². The van der Waals surface area contributed by atoms with E-state index in [2.05, 4.69) is 0 Å². The number of rotatable bonds is 7. The average molecular weight is 489 g/mol. The van der Waals surface area contributed by atoms with E-state index in [1.54, 1.807) is 0 Å². The van der Waals surface area contributed by atoms with Crippen LogP contribution in [0.5, 0.6) is 0 Å². The Hall–Kier alpha value is -2.87. The summed E-state index contributed by atoms with van der Waals surface area (Å²) in [5.74, 6) is -0.560. The van der Waals surface area contributed by atoms with Crippen LogP contribution in [0.25, 0.3) is 0 Å². The maximum atomic E-state index is 13.5. The van der Waals surface area contributed by atoms with Crippen molar-refractivity contribution in [3.63, 3.8) is 0 Å². The molecule has 2 aliphatic rings. The predicted octanol–water partition coefficient (Wildman–Crippen LogP) is 4.82. The third kappa shape index (κ3) is 5.08. The van der Waals surface area contributed by atoms with Crippen LogP contribution in [0.2, 0.25) is 0 Å². The molecule has 2 aliphatic carbocycles. The van der Waals surface area contributed by atoms with Gasteiger partial charge in [0.05, 0.1) is 0 Å². The molecule has 0 aromatic heterocycles. The number of alkyl halides is 3. The number of carbonyl (C=O) groups excluding carboxylic acids is 2. The molecule has 0 bridgehead atoms. The Morgan fingerprint density at radius 3 is 2.00 bits per heavy atom. The summed E-state index contributed by atoms with van der Waals surface area (Å²) in [6.45, 7) is 0.702. The molecule has 0 saturated heterocycles. The van der Waals surface area contributed by atoms with Gasteiger partial charge in [0.25, 0.3) is 5.91 Å². The summed E-state index contributed by atoms with van der Waals surface area (Å²) in [5, 5.41) is 9.92. The number of nitrogens with zero attached hydrogens (tertiary/aromatic N) is 1. The molecule has 2 saturated carbocycles. The van der Waals surface area contributed by atoms with E-state index in [9.17, 15) is 27.9 Å². The maximum absolute atomic E-state index is 13.5. The Morgan fingerprint density at radius 2 is 1.51 bits per heavy atom. The highest BCUT2D eigenvalue weighted by atomic mass is 19.4. The summed E-state index contributed by atoms with van der Waals surface area (Å²) in [7, 11) is 0. The number of halogens is 3. The van der Waals surface area contributed by atoms with E-state index in [4.69, 9.17) is 5.73 Å². The van der Waals surface area contributed by atoms with Gasteiger partial charge in [-0.25, -0.2) is 0 Å². The fourth-order valence-electron chi connectivity index (χ4n) is 5.36. The summed E-state index contributed by atoms with van der Waals surface area (Å²) < 4.78 is 39.5. The Labute approximate surface area is 203 Å². The first-order valence-electron chi connectivity index (χ1n) is 12.0. The first-order valence-corrected chi connectivity index (χ1v) is 12.0. The highest BCUT2D eigenvalue weighted by molar-refractivity contribution is 5.95. The summed E-state index contributed by atoms with van der Waals surface area (Å²) >= 11 is 0. The Balaban J connectivity index is 1.52. The summed E-state index contributed by atoms with van der Waals surface area (Å²) in [6, 6.07) is 15.0. The number of carbonyl (C=O) groups is 2. The van der Waals surface area contributed by atoms with Crippen LogP contribution >= 0.6 is 0 Å². The molecule has 1 atom stereocenters. The minimum Gasteiger partial charge on any atom is -0.376 e. The van der Waals surface area contributed by atoms with Crippen molar-refractivity contribution in [2.75, 3.05) is 0 Å². The van der Waals surface area contributed by atoms with Gasteiger partial charge in [0.15, 0.2) is 5.60 Å². The van der Waals surface area contributed by atoms with Gasteiger partial charge in [0.2, 0.25) is 5.91 Å². The number of benzene rings is 2. The first kappa shape index (κ1) is 25.2. The standard InChI is InChI=1S/C27H31F3N2O3/c1-25(35,27(28,29)30)19-9-7-18(8-10-19)24(34)32(21-11-12-21)22-13-15-26(16-14-22,17-23(31)33)20-5-3-2-4-6-20/h2-10,21-22,35H,11-17H2,1H3,(H2,31,33)/t22-,25-,26+/m0/s1. The van der Waals surface area contributed by atoms with Crippen molar-refractivity contribution in [1.82, 2.24) is 4.90 Å². The monoisotopic (exact) mass is 488 g/mol. The van der Waals surface area contributed by atoms with Gasteiger partial charge >= 0.3 is 6.18 Å². The van der Waals surface area contributed by atoms with Gasteiger partial charge < -0.3 is 15.7 Å². The Morgan fingerprint density at radius 1 is 0.971 bits per heavy atom. The molecule has 35 heavy (non-hydrogen) atoms. The third-order valence-corrected chi connectivity index (χ3v) is 7.63. The van der Waals surface area contributed by atoms with Crippen LogP contribution in [0.3, 0.4) is 0 Å². The lowest BCUT2D eigenvalue weighted by molar-refractivity contribution is -0.258. The fourth-order valence-corrected chi connectivity index (χ4v) is 5.36. The molecule has 2 aromatic rings. The molecule has 3 N–H and O–H groups in total. The Kier molecular flexibility index (Phi) is 6.70. The zero-order chi connectivity index (χ0) is 25.4. The lowest BCUT2D eigenvalue weighted by Gasteiger charge is -2.44. The summed E-state index contributed by atoms with van der Waals surface area (Å²) in [6.07, 6.45) is 0.0839. The van der Waals surface area contributed by atoms with Gasteiger partial charge in [-0.2, -0.15) is 13.2 Å². The molecule has 8 heteroatoms. The van der Waals surface area contributed by atoms with Crippen molar-refractivity contribution < 1.29 is 27.9 Å². The van der Waals surface area contributed by atoms with E-state index >= 15 is 0 Å². The van der Waals surface area contributed by atoms with Gasteiger partial charge in [-0.3, -0.25) is 9.59 Å². The highest BCUT2D eigenvalue weighted by Gasteiger charge is 2.51. The minimum absolute atomic E-state index is 0.0160. The third-order valence-electron chi connectivity index (χ3n) is 7.63. The van der Waals surface area contributed by atoms with Gasteiger partial charge in [-0.15, -0.1) is 0 Å². The summed E-state index contributed by atoms with van der Waals surface area (Å²) in [5.41, 5.74) is 3.33. The van der Waals surface area contributed by atoms with Crippen LogP contribution in [0.1, 0.15) is 73.4 Å². The van der Waals surface area contributed by atoms with E-state index in [-0.39, 0.29) is 41.3 Å². The number of amides is 2. The average Bonchev–Trinajstić information content (AvgIpc) is 3.65. The fraction of sp³-hybridized carbons (Fsp3) is 0.481. The zero-order valence-electron chi connectivity index (χ0n) is 19.7. The lowest BCUT2D eigenvalue weighted by atomic mass is 9.66.